The number of hydrogen-bond donors (Lipinski definition) is 1. The zero-order valence-corrected chi connectivity index (χ0v) is 14.9. The molecule has 2 rings (SSSR count). The van der Waals surface area contributed by atoms with Crippen LogP contribution in [0, 0.1) is 18.6 Å². The third-order valence-electron chi connectivity index (χ3n) is 3.31. The number of aryl methyl sites for hydroxylation is 1. The van der Waals surface area contributed by atoms with Crippen molar-refractivity contribution in [2.24, 2.45) is 0 Å². The van der Waals surface area contributed by atoms with Crippen molar-refractivity contribution in [1.82, 2.24) is 0 Å². The molecule has 1 atom stereocenters. The molecule has 0 aromatic heterocycles. The molecule has 0 aliphatic heterocycles. The van der Waals surface area contributed by atoms with Crippen LogP contribution >= 0.6 is 23.4 Å². The van der Waals surface area contributed by atoms with E-state index in [0.717, 1.165) is 29.5 Å². The van der Waals surface area contributed by atoms with Gasteiger partial charge in [-0.05, 0) is 37.6 Å². The van der Waals surface area contributed by atoms with E-state index < -0.39 is 16.9 Å². The molecule has 0 saturated carbocycles. The number of hydrogen-bond acceptors (Lipinski definition) is 3. The maximum absolute atomic E-state index is 13.7. The Morgan fingerprint density at radius 3 is 2.62 bits per heavy atom. The highest BCUT2D eigenvalue weighted by Crippen LogP contribution is 2.32. The van der Waals surface area contributed by atoms with Gasteiger partial charge in [0.1, 0.15) is 17.4 Å². The number of nitrogens with one attached hydrogen (secondary N) is 1. The Labute approximate surface area is 148 Å². The van der Waals surface area contributed by atoms with Crippen molar-refractivity contribution in [3.05, 3.63) is 52.6 Å². The first-order chi connectivity index (χ1) is 11.3. The lowest BCUT2D eigenvalue weighted by Crippen LogP contribution is -2.23. The number of carbonyl (C=O) groups excluding carboxylic acids is 1. The Bertz CT molecular complexity index is 770. The molecule has 0 unspecified atom stereocenters. The standard InChI is InChI=1S/C17H16ClF2NO2S/c1-9-6-14(15(23-3)8-12(9)18)21-17(22)10(2)24-16-5-4-11(19)7-13(16)20/h4-8,10H,1-3H3,(H,21,22)/t10-/m1/s1. The summed E-state index contributed by atoms with van der Waals surface area (Å²) in [6, 6.07) is 6.57. The van der Waals surface area contributed by atoms with Crippen molar-refractivity contribution in [2.45, 2.75) is 24.0 Å². The Hall–Kier alpha value is -1.79. The molecule has 0 bridgehead atoms. The second-order valence-electron chi connectivity index (χ2n) is 5.13. The third-order valence-corrected chi connectivity index (χ3v) is 4.87. The lowest BCUT2D eigenvalue weighted by Gasteiger charge is -2.15. The van der Waals surface area contributed by atoms with E-state index in [4.69, 9.17) is 16.3 Å². The van der Waals surface area contributed by atoms with Crippen molar-refractivity contribution < 1.29 is 18.3 Å². The molecule has 0 heterocycles. The van der Waals surface area contributed by atoms with Crippen LogP contribution in [-0.4, -0.2) is 18.3 Å². The van der Waals surface area contributed by atoms with Crippen LogP contribution in [0.2, 0.25) is 5.02 Å². The van der Waals surface area contributed by atoms with Crippen LogP contribution in [0.3, 0.4) is 0 Å². The van der Waals surface area contributed by atoms with Crippen LogP contribution in [0.15, 0.2) is 35.2 Å². The van der Waals surface area contributed by atoms with E-state index in [-0.39, 0.29) is 10.8 Å². The van der Waals surface area contributed by atoms with Gasteiger partial charge in [-0.25, -0.2) is 8.78 Å². The molecular formula is C17H16ClF2NO2S. The maximum Gasteiger partial charge on any atom is 0.237 e. The Balaban J connectivity index is 2.13. The number of amides is 1. The number of halogens is 3. The molecule has 0 saturated heterocycles. The average Bonchev–Trinajstić information content (AvgIpc) is 2.53. The van der Waals surface area contributed by atoms with Gasteiger partial charge in [0.2, 0.25) is 5.91 Å². The number of benzene rings is 2. The van der Waals surface area contributed by atoms with Crippen molar-refractivity contribution >= 4 is 35.0 Å². The summed E-state index contributed by atoms with van der Waals surface area (Å²) < 4.78 is 31.8. The van der Waals surface area contributed by atoms with Gasteiger partial charge in [-0.2, -0.15) is 0 Å². The monoisotopic (exact) mass is 371 g/mol. The summed E-state index contributed by atoms with van der Waals surface area (Å²) in [6.45, 7) is 3.45. The van der Waals surface area contributed by atoms with Gasteiger partial charge in [0.25, 0.3) is 0 Å². The molecule has 2 aromatic rings. The van der Waals surface area contributed by atoms with Crippen molar-refractivity contribution in [2.75, 3.05) is 12.4 Å². The average molecular weight is 372 g/mol. The van der Waals surface area contributed by atoms with Gasteiger partial charge in [0.05, 0.1) is 18.0 Å². The van der Waals surface area contributed by atoms with Gasteiger partial charge in [0, 0.05) is 22.1 Å². The van der Waals surface area contributed by atoms with Crippen LogP contribution in [0.5, 0.6) is 5.75 Å². The minimum absolute atomic E-state index is 0.207. The Morgan fingerprint density at radius 2 is 2.00 bits per heavy atom. The third kappa shape index (κ3) is 4.39. The van der Waals surface area contributed by atoms with E-state index in [1.165, 1.54) is 13.2 Å². The van der Waals surface area contributed by atoms with Crippen LogP contribution in [-0.2, 0) is 4.79 Å². The number of ether oxygens (including phenoxy) is 1. The van der Waals surface area contributed by atoms with Crippen molar-refractivity contribution in [3.63, 3.8) is 0 Å². The lowest BCUT2D eigenvalue weighted by molar-refractivity contribution is -0.115. The topological polar surface area (TPSA) is 38.3 Å². The fraction of sp³-hybridized carbons (Fsp3) is 0.235. The number of methoxy groups -OCH3 is 1. The second-order valence-corrected chi connectivity index (χ2v) is 6.92. The van der Waals surface area contributed by atoms with Crippen molar-refractivity contribution in [3.8, 4) is 5.75 Å². The quantitative estimate of drug-likeness (QED) is 0.747. The molecule has 0 fully saturated rings. The second kappa shape index (κ2) is 7.85. The lowest BCUT2D eigenvalue weighted by atomic mass is 10.2. The molecule has 2 aromatic carbocycles. The fourth-order valence-electron chi connectivity index (χ4n) is 1.98. The number of rotatable bonds is 5. The molecule has 0 aliphatic rings. The number of thioether (sulfide) groups is 1. The fourth-order valence-corrected chi connectivity index (χ4v) is 3.00. The first-order valence-electron chi connectivity index (χ1n) is 7.08. The first kappa shape index (κ1) is 18.5. The van der Waals surface area contributed by atoms with Crippen LogP contribution < -0.4 is 10.1 Å². The Morgan fingerprint density at radius 1 is 1.29 bits per heavy atom. The molecule has 1 amide bonds. The SMILES string of the molecule is COc1cc(Cl)c(C)cc1NC(=O)[C@@H](C)Sc1ccc(F)cc1F. The highest BCUT2D eigenvalue weighted by molar-refractivity contribution is 8.00. The molecule has 0 spiro atoms. The van der Waals surface area contributed by atoms with Gasteiger partial charge in [-0.3, -0.25) is 4.79 Å². The molecule has 0 aliphatic carbocycles. The van der Waals surface area contributed by atoms with E-state index in [9.17, 15) is 13.6 Å². The van der Waals surface area contributed by atoms with E-state index in [0.29, 0.717) is 16.5 Å². The van der Waals surface area contributed by atoms with Crippen LogP contribution in [0.4, 0.5) is 14.5 Å². The minimum Gasteiger partial charge on any atom is -0.495 e. The van der Waals surface area contributed by atoms with Crippen LogP contribution in [0.1, 0.15) is 12.5 Å². The van der Waals surface area contributed by atoms with Gasteiger partial charge in [-0.1, -0.05) is 11.6 Å². The summed E-state index contributed by atoms with van der Waals surface area (Å²) in [5.41, 5.74) is 1.27. The predicted octanol–water partition coefficient (Wildman–Crippen LogP) is 5.05. The van der Waals surface area contributed by atoms with Crippen LogP contribution in [0.25, 0.3) is 0 Å². The maximum atomic E-state index is 13.7. The predicted molar refractivity (Wildman–Crippen MR) is 93.0 cm³/mol. The summed E-state index contributed by atoms with van der Waals surface area (Å²) in [5.74, 6) is -1.25. The number of carbonyl (C=O) groups is 1. The summed E-state index contributed by atoms with van der Waals surface area (Å²) >= 11 is 7.04. The zero-order chi connectivity index (χ0) is 17.9. The molecule has 1 N–H and O–H groups in total. The van der Waals surface area contributed by atoms with Gasteiger partial charge >= 0.3 is 0 Å². The summed E-state index contributed by atoms with van der Waals surface area (Å²) in [4.78, 5) is 12.5. The van der Waals surface area contributed by atoms with Gasteiger partial charge in [0.15, 0.2) is 0 Å². The highest BCUT2D eigenvalue weighted by Gasteiger charge is 2.19. The molecular weight excluding hydrogens is 356 g/mol. The first-order valence-corrected chi connectivity index (χ1v) is 8.34. The Kier molecular flexibility index (Phi) is 6.07. The van der Waals surface area contributed by atoms with E-state index >= 15 is 0 Å². The van der Waals surface area contributed by atoms with E-state index in [2.05, 4.69) is 5.32 Å². The minimum atomic E-state index is -0.695. The molecule has 3 nitrogen and oxygen atoms in total. The smallest absolute Gasteiger partial charge is 0.237 e. The van der Waals surface area contributed by atoms with Gasteiger partial charge < -0.3 is 10.1 Å². The van der Waals surface area contributed by atoms with Crippen molar-refractivity contribution in [1.29, 1.82) is 0 Å². The zero-order valence-electron chi connectivity index (χ0n) is 13.3. The molecule has 7 heteroatoms. The largest absolute Gasteiger partial charge is 0.495 e. The summed E-state index contributed by atoms with van der Waals surface area (Å²) in [6.07, 6.45) is 0. The number of anilines is 1. The van der Waals surface area contributed by atoms with E-state index in [1.807, 2.05) is 6.92 Å². The normalized spacial score (nSPS) is 11.9. The highest BCUT2D eigenvalue weighted by atomic mass is 35.5. The molecule has 24 heavy (non-hydrogen) atoms. The molecule has 0 radical (unpaired) electrons. The van der Waals surface area contributed by atoms with E-state index in [1.54, 1.807) is 19.1 Å². The summed E-state index contributed by atoms with van der Waals surface area (Å²) in [7, 11) is 1.47. The van der Waals surface area contributed by atoms with Gasteiger partial charge in [-0.15, -0.1) is 11.8 Å². The molecule has 128 valence electrons. The summed E-state index contributed by atoms with van der Waals surface area (Å²) in [5, 5.41) is 2.68.